The first-order valence-corrected chi connectivity index (χ1v) is 17.4. The molecule has 1 aromatic heterocycles. The summed E-state index contributed by atoms with van der Waals surface area (Å²) in [4.78, 5) is 33.5. The lowest BCUT2D eigenvalue weighted by Gasteiger charge is -2.26. The summed E-state index contributed by atoms with van der Waals surface area (Å²) in [5.41, 5.74) is 3.11. The highest BCUT2D eigenvalue weighted by atomic mass is 127. The molecule has 1 atom stereocenters. The van der Waals surface area contributed by atoms with E-state index >= 15 is 0 Å². The van der Waals surface area contributed by atoms with Gasteiger partial charge in [-0.3, -0.25) is 9.36 Å². The van der Waals surface area contributed by atoms with Crippen LogP contribution < -0.4 is 33.8 Å². The monoisotopic (exact) mass is 806 g/mol. The lowest BCUT2D eigenvalue weighted by molar-refractivity contribution is -0.138. The third-order valence-corrected chi connectivity index (χ3v) is 9.73. The van der Waals surface area contributed by atoms with Crippen molar-refractivity contribution in [1.82, 2.24) is 4.57 Å². The van der Waals surface area contributed by atoms with Crippen molar-refractivity contribution in [3.05, 3.63) is 142 Å². The van der Waals surface area contributed by atoms with Crippen LogP contribution in [0.3, 0.4) is 0 Å². The summed E-state index contributed by atoms with van der Waals surface area (Å²) in [6.07, 6.45) is 1.76. The van der Waals surface area contributed by atoms with E-state index in [-0.39, 0.29) is 30.2 Å². The minimum atomic E-state index is -0.889. The van der Waals surface area contributed by atoms with Gasteiger partial charge in [0.2, 0.25) is 0 Å². The SMILES string of the molecule is CCOC(=O)C1=C(c2ccccc2)N=c2s/c(=C\c3cc(I)c(OCc4ccc(F)cc4)c(OC)c3)c(=O)n2[C@H]1c1ccc(OC)c(OC)c1. The predicted molar refractivity (Wildman–Crippen MR) is 197 cm³/mol. The summed E-state index contributed by atoms with van der Waals surface area (Å²) in [7, 11) is 4.61. The van der Waals surface area contributed by atoms with Crippen molar-refractivity contribution in [2.75, 3.05) is 27.9 Å². The molecule has 0 saturated heterocycles. The van der Waals surface area contributed by atoms with Crippen LogP contribution in [0, 0.1) is 9.39 Å². The van der Waals surface area contributed by atoms with Gasteiger partial charge in [-0.15, -0.1) is 0 Å². The van der Waals surface area contributed by atoms with Gasteiger partial charge in [0.1, 0.15) is 12.4 Å². The first-order chi connectivity index (χ1) is 24.3. The third kappa shape index (κ3) is 7.03. The van der Waals surface area contributed by atoms with Gasteiger partial charge in [-0.1, -0.05) is 59.9 Å². The number of aromatic nitrogens is 1. The fourth-order valence-electron chi connectivity index (χ4n) is 5.63. The van der Waals surface area contributed by atoms with Gasteiger partial charge in [0.15, 0.2) is 27.8 Å². The smallest absolute Gasteiger partial charge is 0.338 e. The molecule has 4 aromatic carbocycles. The number of benzene rings is 4. The molecule has 50 heavy (non-hydrogen) atoms. The molecule has 0 fully saturated rings. The Morgan fingerprint density at radius 2 is 1.66 bits per heavy atom. The molecule has 0 unspecified atom stereocenters. The van der Waals surface area contributed by atoms with Crippen LogP contribution >= 0.6 is 33.9 Å². The maximum absolute atomic E-state index is 14.4. The molecule has 1 aliphatic rings. The Balaban J connectivity index is 1.51. The summed E-state index contributed by atoms with van der Waals surface area (Å²) in [6.45, 7) is 2.08. The molecule has 0 amide bonds. The van der Waals surface area contributed by atoms with E-state index in [0.29, 0.717) is 54.7 Å². The number of thiazole rings is 1. The molecular weight excluding hydrogens is 774 g/mol. The molecule has 5 aromatic rings. The molecule has 0 radical (unpaired) electrons. The summed E-state index contributed by atoms with van der Waals surface area (Å²) in [5.74, 6) is 1.03. The minimum Gasteiger partial charge on any atom is -0.493 e. The van der Waals surface area contributed by atoms with Crippen LogP contribution in [0.15, 0.2) is 100 Å². The molecule has 0 saturated carbocycles. The number of esters is 1. The molecule has 256 valence electrons. The van der Waals surface area contributed by atoms with Crippen LogP contribution in [-0.2, 0) is 16.1 Å². The maximum Gasteiger partial charge on any atom is 0.338 e. The number of halogens is 2. The standard InChI is InChI=1S/C38H32FIN2O7S/c1-5-48-37(44)32-33(24-9-7-6-8-10-24)41-38-42(34(32)25-13-16-28(45-2)29(20-25)46-3)36(43)31(50-38)19-23-17-27(40)35(30(18-23)47-4)49-21-22-11-14-26(39)15-12-22/h6-20,34H,5,21H2,1-4H3/b31-19-/t34-/m0/s1. The zero-order chi connectivity index (χ0) is 35.4. The van der Waals surface area contributed by atoms with Gasteiger partial charge in [-0.25, -0.2) is 14.2 Å². The minimum absolute atomic E-state index is 0.136. The zero-order valence-electron chi connectivity index (χ0n) is 27.6. The second-order valence-corrected chi connectivity index (χ2v) is 13.2. The van der Waals surface area contributed by atoms with Gasteiger partial charge < -0.3 is 23.7 Å². The number of fused-ring (bicyclic) bond motifs is 1. The van der Waals surface area contributed by atoms with Crippen LogP contribution in [0.5, 0.6) is 23.0 Å². The highest BCUT2D eigenvalue weighted by Gasteiger charge is 2.35. The van der Waals surface area contributed by atoms with Gasteiger partial charge in [0.05, 0.1) is 53.4 Å². The van der Waals surface area contributed by atoms with Gasteiger partial charge >= 0.3 is 5.97 Å². The molecule has 0 N–H and O–H groups in total. The third-order valence-electron chi connectivity index (χ3n) is 7.94. The number of methoxy groups -OCH3 is 3. The Bertz CT molecular complexity index is 2270. The summed E-state index contributed by atoms with van der Waals surface area (Å²) >= 11 is 3.37. The molecule has 0 bridgehead atoms. The molecule has 9 nitrogen and oxygen atoms in total. The van der Waals surface area contributed by atoms with Crippen molar-refractivity contribution in [1.29, 1.82) is 0 Å². The first kappa shape index (κ1) is 34.9. The fourth-order valence-corrected chi connectivity index (χ4v) is 7.41. The normalized spacial score (nSPS) is 14.1. The van der Waals surface area contributed by atoms with Gasteiger partial charge in [-0.05, 0) is 88.7 Å². The topological polar surface area (TPSA) is 97.6 Å². The predicted octanol–water partition coefficient (Wildman–Crippen LogP) is 6.28. The Morgan fingerprint density at radius 3 is 2.34 bits per heavy atom. The van der Waals surface area contributed by atoms with E-state index in [1.807, 2.05) is 36.4 Å². The van der Waals surface area contributed by atoms with Crippen LogP contribution in [-0.4, -0.2) is 38.5 Å². The van der Waals surface area contributed by atoms with Gasteiger partial charge in [0, 0.05) is 5.56 Å². The van der Waals surface area contributed by atoms with E-state index < -0.39 is 12.0 Å². The first-order valence-electron chi connectivity index (χ1n) is 15.5. The number of hydrogen-bond donors (Lipinski definition) is 0. The fraction of sp³-hybridized carbons (Fsp3) is 0.184. The van der Waals surface area contributed by atoms with Gasteiger partial charge in [-0.2, -0.15) is 0 Å². The van der Waals surface area contributed by atoms with Crippen LogP contribution in [0.25, 0.3) is 11.8 Å². The molecular formula is C38H32FIN2O7S. The zero-order valence-corrected chi connectivity index (χ0v) is 30.5. The Kier molecular flexibility index (Phi) is 10.7. The van der Waals surface area contributed by atoms with Gasteiger partial charge in [0.25, 0.3) is 5.56 Å². The number of rotatable bonds is 11. The molecule has 12 heteroatoms. The average Bonchev–Trinajstić information content (AvgIpc) is 3.44. The highest BCUT2D eigenvalue weighted by Crippen LogP contribution is 2.39. The number of ether oxygens (including phenoxy) is 5. The Hall–Kier alpha value is -4.95. The maximum atomic E-state index is 14.4. The Morgan fingerprint density at radius 1 is 0.940 bits per heavy atom. The lowest BCUT2D eigenvalue weighted by Crippen LogP contribution is -2.40. The molecule has 1 aliphatic heterocycles. The second kappa shape index (κ2) is 15.3. The number of nitrogens with zero attached hydrogens (tertiary/aromatic N) is 2. The summed E-state index contributed by atoms with van der Waals surface area (Å²) < 4.78 is 44.5. The highest BCUT2D eigenvalue weighted by molar-refractivity contribution is 14.1. The quantitative estimate of drug-likeness (QED) is 0.115. The van der Waals surface area contributed by atoms with Crippen molar-refractivity contribution in [2.45, 2.75) is 19.6 Å². The Labute approximate surface area is 305 Å². The summed E-state index contributed by atoms with van der Waals surface area (Å²) in [5, 5.41) is 0. The van der Waals surface area contributed by atoms with Crippen molar-refractivity contribution >= 4 is 51.7 Å². The van der Waals surface area contributed by atoms with E-state index in [1.165, 1.54) is 35.1 Å². The molecule has 6 rings (SSSR count). The summed E-state index contributed by atoms with van der Waals surface area (Å²) in [6, 6.07) is 23.5. The van der Waals surface area contributed by atoms with E-state index in [1.54, 1.807) is 63.6 Å². The largest absolute Gasteiger partial charge is 0.493 e. The number of hydrogen-bond acceptors (Lipinski definition) is 9. The van der Waals surface area contributed by atoms with Crippen LogP contribution in [0.1, 0.15) is 35.2 Å². The van der Waals surface area contributed by atoms with E-state index in [4.69, 9.17) is 28.7 Å². The number of carbonyl (C=O) groups excluding carboxylic acids is 1. The van der Waals surface area contributed by atoms with E-state index in [0.717, 1.165) is 9.13 Å². The van der Waals surface area contributed by atoms with Crippen LogP contribution in [0.4, 0.5) is 4.39 Å². The average molecular weight is 807 g/mol. The molecule has 0 spiro atoms. The van der Waals surface area contributed by atoms with Crippen molar-refractivity contribution in [3.63, 3.8) is 0 Å². The molecule has 2 heterocycles. The van der Waals surface area contributed by atoms with Crippen LogP contribution in [0.2, 0.25) is 0 Å². The molecule has 0 aliphatic carbocycles. The number of carbonyl (C=O) groups is 1. The lowest BCUT2D eigenvalue weighted by atomic mass is 9.93. The van der Waals surface area contributed by atoms with Crippen molar-refractivity contribution in [2.24, 2.45) is 4.99 Å². The van der Waals surface area contributed by atoms with Crippen molar-refractivity contribution in [3.8, 4) is 23.0 Å². The van der Waals surface area contributed by atoms with E-state index in [9.17, 15) is 14.0 Å². The van der Waals surface area contributed by atoms with E-state index in [2.05, 4.69) is 22.6 Å². The van der Waals surface area contributed by atoms with Crippen molar-refractivity contribution < 1.29 is 32.9 Å². The second-order valence-electron chi connectivity index (χ2n) is 11.0.